The summed E-state index contributed by atoms with van der Waals surface area (Å²) in [6, 6.07) is 3.42. The van der Waals surface area contributed by atoms with E-state index in [9.17, 15) is 9.90 Å². The number of aromatic nitrogens is 1. The minimum atomic E-state index is -1.13. The molecule has 0 atom stereocenters. The van der Waals surface area contributed by atoms with Crippen LogP contribution in [0.1, 0.15) is 5.69 Å². The van der Waals surface area contributed by atoms with Crippen molar-refractivity contribution in [3.05, 3.63) is 28.5 Å². The molecule has 1 fully saturated rings. The molecular weight excluding hydrogens is 289 g/mol. The van der Waals surface area contributed by atoms with Crippen LogP contribution in [0.15, 0.2) is 22.8 Å². The van der Waals surface area contributed by atoms with Gasteiger partial charge in [0.25, 0.3) is 0 Å². The molecule has 1 aromatic rings. The van der Waals surface area contributed by atoms with Crippen LogP contribution < -0.4 is 56.5 Å². The van der Waals surface area contributed by atoms with Crippen LogP contribution in [-0.2, 0) is 14.9 Å². The van der Waals surface area contributed by atoms with Gasteiger partial charge in [0.2, 0.25) is 0 Å². The number of rotatable bonds is 2. The molecule has 1 saturated heterocycles. The van der Waals surface area contributed by atoms with Crippen molar-refractivity contribution in [3.8, 4) is 0 Å². The molecule has 2 heterocycles. The van der Waals surface area contributed by atoms with Gasteiger partial charge < -0.3 is 14.6 Å². The Morgan fingerprint density at radius 2 is 2.20 bits per heavy atom. The zero-order valence-electron chi connectivity index (χ0n) is 8.20. The number of carboxylic acid groups (broad SMARTS) is 1. The number of nitrogens with zero attached hydrogens (tertiary/aromatic N) is 1. The molecule has 0 unspecified atom stereocenters. The van der Waals surface area contributed by atoms with Gasteiger partial charge >= 0.3 is 51.4 Å². The average Bonchev–Trinajstić information content (AvgIpc) is 2.05. The molecule has 0 aliphatic carbocycles. The Hall–Kier alpha value is 0.696. The fourth-order valence-corrected chi connectivity index (χ4v) is 1.57. The van der Waals surface area contributed by atoms with Gasteiger partial charge in [0.05, 0.1) is 30.3 Å². The molecule has 0 aromatic carbocycles. The first kappa shape index (κ1) is 13.8. The van der Waals surface area contributed by atoms with Gasteiger partial charge in [-0.05, 0) is 28.1 Å². The predicted octanol–water partition coefficient (Wildman–Crippen LogP) is -3.13. The van der Waals surface area contributed by atoms with Gasteiger partial charge in [-0.3, -0.25) is 4.98 Å². The van der Waals surface area contributed by atoms with Gasteiger partial charge in [0, 0.05) is 10.7 Å². The smallest absolute Gasteiger partial charge is 0.549 e. The SMILES string of the molecule is O=C([O-])C1(c2ccc(Br)cn2)COC1.[K+]. The van der Waals surface area contributed by atoms with Crippen molar-refractivity contribution in [3.63, 3.8) is 0 Å². The first-order valence-electron chi connectivity index (χ1n) is 4.06. The number of carbonyl (C=O) groups excluding carboxylic acids is 1. The fraction of sp³-hybridized carbons (Fsp3) is 0.333. The van der Waals surface area contributed by atoms with Crippen LogP contribution >= 0.6 is 15.9 Å². The third kappa shape index (κ3) is 2.51. The molecule has 1 aliphatic heterocycles. The van der Waals surface area contributed by atoms with Crippen molar-refractivity contribution in [2.75, 3.05) is 13.2 Å². The van der Waals surface area contributed by atoms with Gasteiger partial charge in [0.15, 0.2) is 0 Å². The molecule has 74 valence electrons. The van der Waals surface area contributed by atoms with Crippen molar-refractivity contribution >= 4 is 21.9 Å². The van der Waals surface area contributed by atoms with E-state index in [0.29, 0.717) is 5.69 Å². The van der Waals surface area contributed by atoms with Gasteiger partial charge in [-0.1, -0.05) is 0 Å². The topological polar surface area (TPSA) is 62.2 Å². The van der Waals surface area contributed by atoms with Crippen molar-refractivity contribution in [2.24, 2.45) is 0 Å². The number of ether oxygens (including phenoxy) is 1. The Labute approximate surface area is 138 Å². The van der Waals surface area contributed by atoms with Crippen LogP contribution in [-0.4, -0.2) is 24.2 Å². The molecular formula is C9H7BrKNO3. The average molecular weight is 296 g/mol. The van der Waals surface area contributed by atoms with E-state index in [4.69, 9.17) is 4.74 Å². The maximum absolute atomic E-state index is 10.9. The zero-order chi connectivity index (χ0) is 10.2. The maximum Gasteiger partial charge on any atom is 1.00 e. The number of pyridine rings is 1. The summed E-state index contributed by atoms with van der Waals surface area (Å²) in [6.45, 7) is 0.286. The number of hydrogen-bond donors (Lipinski definition) is 0. The van der Waals surface area contributed by atoms with E-state index < -0.39 is 11.4 Å². The van der Waals surface area contributed by atoms with Gasteiger partial charge in [0.1, 0.15) is 0 Å². The quantitative estimate of drug-likeness (QED) is 0.541. The second-order valence-electron chi connectivity index (χ2n) is 3.22. The normalized spacial score (nSPS) is 17.4. The van der Waals surface area contributed by atoms with E-state index in [0.717, 1.165) is 4.47 Å². The molecule has 1 aromatic heterocycles. The minimum absolute atomic E-state index is 0. The van der Waals surface area contributed by atoms with Crippen LogP contribution in [0.2, 0.25) is 0 Å². The number of carbonyl (C=O) groups is 1. The second-order valence-corrected chi connectivity index (χ2v) is 4.14. The standard InChI is InChI=1S/C9H8BrNO3.K/c10-6-1-2-7(11-3-6)9(8(12)13)4-14-5-9;/h1-3H,4-5H2,(H,12,13);/q;+1/p-1. The monoisotopic (exact) mass is 295 g/mol. The molecule has 0 N–H and O–H groups in total. The van der Waals surface area contributed by atoms with Crippen LogP contribution in [0.25, 0.3) is 0 Å². The Morgan fingerprint density at radius 1 is 1.53 bits per heavy atom. The second kappa shape index (κ2) is 5.35. The largest absolute Gasteiger partial charge is 1.00 e. The molecule has 0 saturated carbocycles. The predicted molar refractivity (Wildman–Crippen MR) is 49.4 cm³/mol. The Bertz CT molecular complexity index is 364. The molecule has 0 amide bonds. The van der Waals surface area contributed by atoms with Crippen molar-refractivity contribution in [2.45, 2.75) is 5.41 Å². The van der Waals surface area contributed by atoms with E-state index in [1.165, 1.54) is 0 Å². The molecule has 15 heavy (non-hydrogen) atoms. The van der Waals surface area contributed by atoms with E-state index >= 15 is 0 Å². The molecule has 6 heteroatoms. The zero-order valence-corrected chi connectivity index (χ0v) is 12.9. The first-order valence-corrected chi connectivity index (χ1v) is 4.86. The number of aliphatic carboxylic acids is 1. The van der Waals surface area contributed by atoms with Gasteiger partial charge in [-0.15, -0.1) is 0 Å². The molecule has 2 rings (SSSR count). The summed E-state index contributed by atoms with van der Waals surface area (Å²) in [5.41, 5.74) is -0.548. The Morgan fingerprint density at radius 3 is 2.53 bits per heavy atom. The third-order valence-electron chi connectivity index (χ3n) is 2.31. The number of hydrogen-bond acceptors (Lipinski definition) is 4. The summed E-state index contributed by atoms with van der Waals surface area (Å²) in [7, 11) is 0. The molecule has 0 radical (unpaired) electrons. The summed E-state index contributed by atoms with van der Waals surface area (Å²) in [5, 5.41) is 10.9. The Kier molecular flexibility index (Phi) is 4.91. The van der Waals surface area contributed by atoms with Crippen molar-refractivity contribution in [1.82, 2.24) is 4.98 Å². The number of halogens is 1. The fourth-order valence-electron chi connectivity index (χ4n) is 1.34. The minimum Gasteiger partial charge on any atom is -0.549 e. The number of carboxylic acids is 1. The summed E-state index contributed by atoms with van der Waals surface area (Å²) >= 11 is 3.23. The molecule has 0 bridgehead atoms. The third-order valence-corrected chi connectivity index (χ3v) is 2.77. The Balaban J connectivity index is 0.00000112. The van der Waals surface area contributed by atoms with E-state index in [1.54, 1.807) is 18.3 Å². The van der Waals surface area contributed by atoms with E-state index in [1.807, 2.05) is 0 Å². The van der Waals surface area contributed by atoms with Gasteiger partial charge in [-0.2, -0.15) is 0 Å². The summed E-state index contributed by atoms with van der Waals surface area (Å²) in [4.78, 5) is 15.0. The summed E-state index contributed by atoms with van der Waals surface area (Å²) in [6.07, 6.45) is 1.57. The van der Waals surface area contributed by atoms with E-state index in [2.05, 4.69) is 20.9 Å². The van der Waals surface area contributed by atoms with E-state index in [-0.39, 0.29) is 64.6 Å². The van der Waals surface area contributed by atoms with Crippen LogP contribution in [0.3, 0.4) is 0 Å². The van der Waals surface area contributed by atoms with Crippen molar-refractivity contribution in [1.29, 1.82) is 0 Å². The first-order chi connectivity index (χ1) is 6.65. The van der Waals surface area contributed by atoms with Crippen LogP contribution in [0.5, 0.6) is 0 Å². The molecule has 1 aliphatic rings. The summed E-state index contributed by atoms with van der Waals surface area (Å²) < 4.78 is 5.73. The molecule has 0 spiro atoms. The molecule has 4 nitrogen and oxygen atoms in total. The van der Waals surface area contributed by atoms with Crippen LogP contribution in [0, 0.1) is 0 Å². The van der Waals surface area contributed by atoms with Crippen molar-refractivity contribution < 1.29 is 66.0 Å². The summed E-state index contributed by atoms with van der Waals surface area (Å²) in [5.74, 6) is -1.13. The van der Waals surface area contributed by atoms with Gasteiger partial charge in [-0.25, -0.2) is 0 Å². The van der Waals surface area contributed by atoms with Crippen LogP contribution in [0.4, 0.5) is 0 Å². The maximum atomic E-state index is 10.9.